The largest absolute Gasteiger partial charge is 0.478 e. The summed E-state index contributed by atoms with van der Waals surface area (Å²) in [6, 6.07) is 8.89. The van der Waals surface area contributed by atoms with Crippen LogP contribution in [0.15, 0.2) is 24.3 Å². The number of fused-ring (bicyclic) bond motifs is 1. The van der Waals surface area contributed by atoms with Crippen molar-refractivity contribution in [3.05, 3.63) is 29.8 Å². The molecule has 0 bridgehead atoms. The molecule has 1 aliphatic heterocycles. The molecule has 1 aromatic rings. The van der Waals surface area contributed by atoms with E-state index < -0.39 is 0 Å². The minimum Gasteiger partial charge on any atom is -0.478 e. The van der Waals surface area contributed by atoms with E-state index in [1.807, 2.05) is 12.1 Å². The normalized spacial score (nSPS) is 18.4. The van der Waals surface area contributed by atoms with Crippen LogP contribution < -0.4 is 4.74 Å². The number of hydrogen-bond donors (Lipinski definition) is 0. The minimum absolute atomic E-state index is 0.600. The first-order valence-corrected chi connectivity index (χ1v) is 5.26. The number of rotatable bonds is 2. The summed E-state index contributed by atoms with van der Waals surface area (Å²) < 4.78 is 5.68. The SMILES string of the molecule is CCC(C)N1COc2ccccc2C1. The van der Waals surface area contributed by atoms with Crippen molar-refractivity contribution in [3.8, 4) is 5.75 Å². The predicted octanol–water partition coefficient (Wildman–Crippen LogP) is 2.64. The second-order valence-corrected chi connectivity index (χ2v) is 3.89. The molecule has 0 fully saturated rings. The lowest BCUT2D eigenvalue weighted by molar-refractivity contribution is 0.0607. The van der Waals surface area contributed by atoms with Gasteiger partial charge in [0.2, 0.25) is 0 Å². The average Bonchev–Trinajstić information content (AvgIpc) is 2.27. The Balaban J connectivity index is 2.13. The zero-order valence-corrected chi connectivity index (χ0v) is 8.86. The zero-order chi connectivity index (χ0) is 9.97. The maximum absolute atomic E-state index is 5.68. The second-order valence-electron chi connectivity index (χ2n) is 3.89. The lowest BCUT2D eigenvalue weighted by Gasteiger charge is -2.33. The van der Waals surface area contributed by atoms with E-state index in [1.165, 1.54) is 12.0 Å². The van der Waals surface area contributed by atoms with Gasteiger partial charge in [0.25, 0.3) is 0 Å². The van der Waals surface area contributed by atoms with E-state index in [4.69, 9.17) is 4.74 Å². The van der Waals surface area contributed by atoms with Gasteiger partial charge >= 0.3 is 0 Å². The molecular formula is C12H17NO. The van der Waals surface area contributed by atoms with Crippen LogP contribution in [0.5, 0.6) is 5.75 Å². The highest BCUT2D eigenvalue weighted by Gasteiger charge is 2.19. The summed E-state index contributed by atoms with van der Waals surface area (Å²) >= 11 is 0. The average molecular weight is 191 g/mol. The fourth-order valence-electron chi connectivity index (χ4n) is 1.73. The molecule has 14 heavy (non-hydrogen) atoms. The number of hydrogen-bond acceptors (Lipinski definition) is 2. The molecule has 2 rings (SSSR count). The van der Waals surface area contributed by atoms with E-state index in [-0.39, 0.29) is 0 Å². The van der Waals surface area contributed by atoms with E-state index in [0.29, 0.717) is 6.04 Å². The molecule has 0 spiro atoms. The van der Waals surface area contributed by atoms with Gasteiger partial charge in [-0.05, 0) is 19.4 Å². The third-order valence-corrected chi connectivity index (χ3v) is 2.95. The molecule has 2 heteroatoms. The van der Waals surface area contributed by atoms with E-state index in [2.05, 4.69) is 30.9 Å². The van der Waals surface area contributed by atoms with Crippen molar-refractivity contribution in [3.63, 3.8) is 0 Å². The van der Waals surface area contributed by atoms with Crippen molar-refractivity contribution in [2.45, 2.75) is 32.9 Å². The van der Waals surface area contributed by atoms with Gasteiger partial charge in [-0.2, -0.15) is 0 Å². The highest BCUT2D eigenvalue weighted by Crippen LogP contribution is 2.25. The number of ether oxygens (including phenoxy) is 1. The van der Waals surface area contributed by atoms with E-state index in [9.17, 15) is 0 Å². The molecule has 0 N–H and O–H groups in total. The molecule has 1 aliphatic rings. The maximum atomic E-state index is 5.68. The summed E-state index contributed by atoms with van der Waals surface area (Å²) in [7, 11) is 0. The highest BCUT2D eigenvalue weighted by atomic mass is 16.5. The molecule has 1 aromatic carbocycles. The summed E-state index contributed by atoms with van der Waals surface area (Å²) in [5.74, 6) is 1.05. The Labute approximate surface area is 85.5 Å². The Morgan fingerprint density at radius 2 is 2.21 bits per heavy atom. The molecule has 76 valence electrons. The first kappa shape index (κ1) is 9.53. The van der Waals surface area contributed by atoms with Gasteiger partial charge < -0.3 is 4.74 Å². The lowest BCUT2D eigenvalue weighted by Crippen LogP contribution is -2.38. The van der Waals surface area contributed by atoms with E-state index in [1.54, 1.807) is 0 Å². The summed E-state index contributed by atoms with van der Waals surface area (Å²) in [4.78, 5) is 2.36. The number of benzene rings is 1. The van der Waals surface area contributed by atoms with Crippen LogP contribution in [0.1, 0.15) is 25.8 Å². The smallest absolute Gasteiger partial charge is 0.142 e. The summed E-state index contributed by atoms with van der Waals surface area (Å²) in [6.45, 7) is 6.21. The first-order chi connectivity index (χ1) is 6.81. The molecule has 2 nitrogen and oxygen atoms in total. The van der Waals surface area contributed by atoms with Gasteiger partial charge in [0.05, 0.1) is 0 Å². The highest BCUT2D eigenvalue weighted by molar-refractivity contribution is 5.34. The molecule has 0 amide bonds. The Bertz CT molecular complexity index is 311. The van der Waals surface area contributed by atoms with E-state index in [0.717, 1.165) is 19.0 Å². The summed E-state index contributed by atoms with van der Waals surface area (Å²) in [5, 5.41) is 0. The van der Waals surface area contributed by atoms with Crippen LogP contribution in [0.25, 0.3) is 0 Å². The molecular weight excluding hydrogens is 174 g/mol. The molecule has 0 radical (unpaired) electrons. The summed E-state index contributed by atoms with van der Waals surface area (Å²) in [5.41, 5.74) is 1.30. The van der Waals surface area contributed by atoms with Crippen LogP contribution in [-0.2, 0) is 6.54 Å². The Morgan fingerprint density at radius 3 is 3.00 bits per heavy atom. The molecule has 0 saturated heterocycles. The fraction of sp³-hybridized carbons (Fsp3) is 0.500. The van der Waals surface area contributed by atoms with Gasteiger partial charge in [-0.25, -0.2) is 0 Å². The van der Waals surface area contributed by atoms with Crippen LogP contribution in [0.3, 0.4) is 0 Å². The first-order valence-electron chi connectivity index (χ1n) is 5.26. The van der Waals surface area contributed by atoms with Crippen LogP contribution >= 0.6 is 0 Å². The maximum Gasteiger partial charge on any atom is 0.142 e. The lowest BCUT2D eigenvalue weighted by atomic mass is 10.1. The van der Waals surface area contributed by atoms with Gasteiger partial charge in [-0.3, -0.25) is 4.90 Å². The topological polar surface area (TPSA) is 12.5 Å². The molecule has 0 saturated carbocycles. The minimum atomic E-state index is 0.600. The molecule has 1 atom stereocenters. The van der Waals surface area contributed by atoms with Gasteiger partial charge in [0, 0.05) is 18.2 Å². The van der Waals surface area contributed by atoms with E-state index >= 15 is 0 Å². The predicted molar refractivity (Wildman–Crippen MR) is 57.2 cm³/mol. The van der Waals surface area contributed by atoms with Crippen molar-refractivity contribution in [2.24, 2.45) is 0 Å². The van der Waals surface area contributed by atoms with Gasteiger partial charge in [0.15, 0.2) is 0 Å². The Kier molecular flexibility index (Phi) is 2.73. The van der Waals surface area contributed by atoms with Gasteiger partial charge in [-0.1, -0.05) is 25.1 Å². The van der Waals surface area contributed by atoms with Crippen LogP contribution in [0.4, 0.5) is 0 Å². The Morgan fingerprint density at radius 1 is 1.43 bits per heavy atom. The van der Waals surface area contributed by atoms with Crippen LogP contribution in [0, 0.1) is 0 Å². The van der Waals surface area contributed by atoms with Crippen molar-refractivity contribution in [1.82, 2.24) is 4.90 Å². The molecule has 0 aliphatic carbocycles. The molecule has 0 aromatic heterocycles. The monoisotopic (exact) mass is 191 g/mol. The second kappa shape index (κ2) is 4.01. The third kappa shape index (κ3) is 1.75. The third-order valence-electron chi connectivity index (χ3n) is 2.95. The molecule has 1 heterocycles. The van der Waals surface area contributed by atoms with Crippen molar-refractivity contribution >= 4 is 0 Å². The van der Waals surface area contributed by atoms with Crippen molar-refractivity contribution in [2.75, 3.05) is 6.73 Å². The van der Waals surface area contributed by atoms with Gasteiger partial charge in [0.1, 0.15) is 12.5 Å². The van der Waals surface area contributed by atoms with Crippen molar-refractivity contribution in [1.29, 1.82) is 0 Å². The number of para-hydroxylation sites is 1. The van der Waals surface area contributed by atoms with Crippen molar-refractivity contribution < 1.29 is 4.74 Å². The zero-order valence-electron chi connectivity index (χ0n) is 8.86. The fourth-order valence-corrected chi connectivity index (χ4v) is 1.73. The quantitative estimate of drug-likeness (QED) is 0.712. The summed E-state index contributed by atoms with van der Waals surface area (Å²) in [6.07, 6.45) is 1.17. The van der Waals surface area contributed by atoms with Crippen LogP contribution in [-0.4, -0.2) is 17.7 Å². The van der Waals surface area contributed by atoms with Gasteiger partial charge in [-0.15, -0.1) is 0 Å². The standard InChI is InChI=1S/C12H17NO/c1-3-10(2)13-8-11-6-4-5-7-12(11)14-9-13/h4-7,10H,3,8-9H2,1-2H3. The van der Waals surface area contributed by atoms with Crippen LogP contribution in [0.2, 0.25) is 0 Å². The molecule has 1 unspecified atom stereocenters. The Hall–Kier alpha value is -1.02. The number of nitrogens with zero attached hydrogens (tertiary/aromatic N) is 1.